The molecule has 0 atom stereocenters. The summed E-state index contributed by atoms with van der Waals surface area (Å²) >= 11 is 1.55. The second-order valence-corrected chi connectivity index (χ2v) is 6.65. The minimum Gasteiger partial charge on any atom is -0.497 e. The molecule has 1 amide bonds. The molecule has 0 spiro atoms. The Kier molecular flexibility index (Phi) is 6.64. The van der Waals surface area contributed by atoms with Gasteiger partial charge in [-0.25, -0.2) is 4.98 Å². The summed E-state index contributed by atoms with van der Waals surface area (Å²) in [6.07, 6.45) is 0.933. The van der Waals surface area contributed by atoms with Gasteiger partial charge in [-0.3, -0.25) is 15.0 Å². The van der Waals surface area contributed by atoms with Gasteiger partial charge in [0.15, 0.2) is 5.13 Å². The third-order valence-corrected chi connectivity index (χ3v) is 5.09. The fraction of sp³-hybridized carbons (Fsp3) is 0.412. The van der Waals surface area contributed by atoms with Gasteiger partial charge in [0.05, 0.1) is 19.9 Å². The zero-order valence-corrected chi connectivity index (χ0v) is 16.1. The molecule has 1 aromatic carbocycles. The molecule has 25 heavy (non-hydrogen) atoms. The van der Waals surface area contributed by atoms with Crippen molar-refractivity contribution >= 4 is 34.8 Å². The highest BCUT2D eigenvalue weighted by Gasteiger charge is 2.21. The van der Waals surface area contributed by atoms with E-state index >= 15 is 0 Å². The average molecular weight is 384 g/mol. The molecule has 1 N–H and O–H groups in total. The van der Waals surface area contributed by atoms with Crippen LogP contribution in [0.1, 0.15) is 27.9 Å². The molecular weight excluding hydrogens is 362 g/mol. The van der Waals surface area contributed by atoms with Gasteiger partial charge in [-0.1, -0.05) is 6.92 Å². The molecule has 0 saturated heterocycles. The number of benzene rings is 1. The molecule has 0 fully saturated rings. The van der Waals surface area contributed by atoms with E-state index in [0.717, 1.165) is 31.7 Å². The number of aromatic nitrogens is 1. The highest BCUT2D eigenvalue weighted by atomic mass is 35.5. The summed E-state index contributed by atoms with van der Waals surface area (Å²) in [6, 6.07) is 5.10. The Bertz CT molecular complexity index is 728. The van der Waals surface area contributed by atoms with E-state index in [9.17, 15) is 4.79 Å². The molecule has 136 valence electrons. The van der Waals surface area contributed by atoms with Crippen molar-refractivity contribution in [3.8, 4) is 11.5 Å². The van der Waals surface area contributed by atoms with Crippen LogP contribution in [0.5, 0.6) is 11.5 Å². The van der Waals surface area contributed by atoms with Gasteiger partial charge in [0.2, 0.25) is 0 Å². The van der Waals surface area contributed by atoms with Crippen molar-refractivity contribution in [3.63, 3.8) is 0 Å². The fourth-order valence-corrected chi connectivity index (χ4v) is 3.73. The molecule has 0 bridgehead atoms. The lowest BCUT2D eigenvalue weighted by Gasteiger charge is -2.23. The number of anilines is 1. The Morgan fingerprint density at radius 2 is 1.96 bits per heavy atom. The van der Waals surface area contributed by atoms with Crippen LogP contribution in [0.15, 0.2) is 18.2 Å². The quantitative estimate of drug-likeness (QED) is 0.858. The summed E-state index contributed by atoms with van der Waals surface area (Å²) in [5, 5.41) is 3.53. The lowest BCUT2D eigenvalue weighted by molar-refractivity contribution is 0.102. The number of thiazole rings is 1. The van der Waals surface area contributed by atoms with E-state index in [0.29, 0.717) is 22.2 Å². The molecule has 1 aliphatic rings. The lowest BCUT2D eigenvalue weighted by atomic mass is 10.2. The number of halogens is 1. The van der Waals surface area contributed by atoms with Crippen molar-refractivity contribution in [2.45, 2.75) is 19.9 Å². The number of hydrogen-bond acceptors (Lipinski definition) is 6. The minimum atomic E-state index is -0.217. The van der Waals surface area contributed by atoms with Crippen LogP contribution in [-0.2, 0) is 13.0 Å². The molecule has 3 rings (SSSR count). The largest absolute Gasteiger partial charge is 0.497 e. The molecule has 0 aliphatic carbocycles. The Hall–Kier alpha value is -1.83. The summed E-state index contributed by atoms with van der Waals surface area (Å²) in [7, 11) is 3.12. The van der Waals surface area contributed by atoms with Gasteiger partial charge in [-0.15, -0.1) is 23.7 Å². The number of methoxy groups -OCH3 is 2. The Labute approximate surface area is 157 Å². The molecule has 0 radical (unpaired) electrons. The maximum absolute atomic E-state index is 12.5. The Morgan fingerprint density at radius 1 is 1.28 bits per heavy atom. The number of nitrogens with zero attached hydrogens (tertiary/aromatic N) is 2. The summed E-state index contributed by atoms with van der Waals surface area (Å²) in [5.41, 5.74) is 1.58. The number of amides is 1. The van der Waals surface area contributed by atoms with Crippen LogP contribution < -0.4 is 14.8 Å². The number of carbonyl (C=O) groups is 1. The smallest absolute Gasteiger partial charge is 0.257 e. The van der Waals surface area contributed by atoms with Crippen LogP contribution in [-0.4, -0.2) is 43.1 Å². The number of ether oxygens (including phenoxy) is 2. The third kappa shape index (κ3) is 4.42. The summed E-state index contributed by atoms with van der Waals surface area (Å²) in [5.74, 6) is 0.943. The van der Waals surface area contributed by atoms with Crippen LogP contribution in [0.3, 0.4) is 0 Å². The molecule has 0 saturated carbocycles. The Morgan fingerprint density at radius 3 is 2.56 bits per heavy atom. The topological polar surface area (TPSA) is 63.7 Å². The van der Waals surface area contributed by atoms with Gasteiger partial charge in [0.25, 0.3) is 5.91 Å². The molecule has 2 heterocycles. The molecule has 1 aromatic heterocycles. The first kappa shape index (κ1) is 19.5. The molecule has 0 unspecified atom stereocenters. The van der Waals surface area contributed by atoms with Crippen molar-refractivity contribution in [1.82, 2.24) is 9.88 Å². The van der Waals surface area contributed by atoms with Gasteiger partial charge in [0.1, 0.15) is 11.5 Å². The van der Waals surface area contributed by atoms with E-state index in [1.165, 1.54) is 4.88 Å². The minimum absolute atomic E-state index is 0. The number of likely N-dealkylation sites (N-methyl/N-ethyl adjacent to an activating group) is 1. The summed E-state index contributed by atoms with van der Waals surface area (Å²) < 4.78 is 10.4. The fourth-order valence-electron chi connectivity index (χ4n) is 2.68. The number of hydrogen-bond donors (Lipinski definition) is 1. The number of fused-ring (bicyclic) bond motifs is 1. The van der Waals surface area contributed by atoms with E-state index in [-0.39, 0.29) is 18.3 Å². The molecule has 1 aliphatic heterocycles. The predicted octanol–water partition coefficient (Wildman–Crippen LogP) is 3.21. The molecule has 2 aromatic rings. The summed E-state index contributed by atoms with van der Waals surface area (Å²) in [6.45, 7) is 5.12. The number of carbonyl (C=O) groups excluding carboxylic acids is 1. The van der Waals surface area contributed by atoms with E-state index in [4.69, 9.17) is 9.47 Å². The zero-order chi connectivity index (χ0) is 17.1. The van der Waals surface area contributed by atoms with Crippen molar-refractivity contribution in [1.29, 1.82) is 0 Å². The normalized spacial score (nSPS) is 13.6. The monoisotopic (exact) mass is 383 g/mol. The first-order valence-corrected chi connectivity index (χ1v) is 8.70. The van der Waals surface area contributed by atoms with Gasteiger partial charge >= 0.3 is 0 Å². The van der Waals surface area contributed by atoms with E-state index < -0.39 is 0 Å². The van der Waals surface area contributed by atoms with Crippen LogP contribution in [0, 0.1) is 0 Å². The molecule has 6 nitrogen and oxygen atoms in total. The molecule has 8 heteroatoms. The van der Waals surface area contributed by atoms with Crippen molar-refractivity contribution < 1.29 is 14.3 Å². The second-order valence-electron chi connectivity index (χ2n) is 5.56. The van der Waals surface area contributed by atoms with Crippen molar-refractivity contribution in [3.05, 3.63) is 34.3 Å². The van der Waals surface area contributed by atoms with Gasteiger partial charge in [-0.2, -0.15) is 0 Å². The van der Waals surface area contributed by atoms with Crippen molar-refractivity contribution in [2.24, 2.45) is 0 Å². The zero-order valence-electron chi connectivity index (χ0n) is 14.5. The SMILES string of the molecule is CCN1CCc2nc(NC(=O)c3cc(OC)cc(OC)c3)sc2C1.Cl. The average Bonchev–Trinajstić information content (AvgIpc) is 3.02. The molecular formula is C17H22ClN3O3S. The van der Waals surface area contributed by atoms with Gasteiger partial charge in [0, 0.05) is 36.0 Å². The van der Waals surface area contributed by atoms with E-state index in [2.05, 4.69) is 22.1 Å². The first-order chi connectivity index (χ1) is 11.6. The lowest BCUT2D eigenvalue weighted by Crippen LogP contribution is -2.29. The first-order valence-electron chi connectivity index (χ1n) is 7.88. The van der Waals surface area contributed by atoms with Crippen LogP contribution in [0.4, 0.5) is 5.13 Å². The number of nitrogens with one attached hydrogen (secondary N) is 1. The van der Waals surface area contributed by atoms with Crippen LogP contribution in [0.25, 0.3) is 0 Å². The highest BCUT2D eigenvalue weighted by molar-refractivity contribution is 7.15. The van der Waals surface area contributed by atoms with Crippen LogP contribution >= 0.6 is 23.7 Å². The van der Waals surface area contributed by atoms with E-state index in [1.54, 1.807) is 43.8 Å². The third-order valence-electron chi connectivity index (χ3n) is 4.09. The summed E-state index contributed by atoms with van der Waals surface area (Å²) in [4.78, 5) is 20.7. The van der Waals surface area contributed by atoms with Crippen LogP contribution in [0.2, 0.25) is 0 Å². The second kappa shape index (κ2) is 8.51. The van der Waals surface area contributed by atoms with Gasteiger partial charge < -0.3 is 9.47 Å². The van der Waals surface area contributed by atoms with E-state index in [1.807, 2.05) is 0 Å². The maximum atomic E-state index is 12.5. The standard InChI is InChI=1S/C17H21N3O3S.ClH/c1-4-20-6-5-14-15(10-20)24-17(18-14)19-16(21)11-7-12(22-2)9-13(8-11)23-3;/h7-9H,4-6,10H2,1-3H3,(H,18,19,21);1H. The number of rotatable bonds is 5. The van der Waals surface area contributed by atoms with Gasteiger partial charge in [-0.05, 0) is 18.7 Å². The predicted molar refractivity (Wildman–Crippen MR) is 102 cm³/mol. The maximum Gasteiger partial charge on any atom is 0.257 e. The van der Waals surface area contributed by atoms with Crippen molar-refractivity contribution in [2.75, 3.05) is 32.6 Å². The highest BCUT2D eigenvalue weighted by Crippen LogP contribution is 2.29. The Balaban J connectivity index is 0.00000225.